The van der Waals surface area contributed by atoms with Gasteiger partial charge < -0.3 is 9.88 Å². The number of anilines is 1. The van der Waals surface area contributed by atoms with E-state index in [9.17, 15) is 4.79 Å². The van der Waals surface area contributed by atoms with E-state index in [2.05, 4.69) is 27.0 Å². The van der Waals surface area contributed by atoms with Crippen molar-refractivity contribution in [3.8, 4) is 0 Å². The summed E-state index contributed by atoms with van der Waals surface area (Å²) in [6.45, 7) is 7.07. The van der Waals surface area contributed by atoms with Gasteiger partial charge in [-0.15, -0.1) is 10.2 Å². The lowest BCUT2D eigenvalue weighted by Crippen LogP contribution is -2.47. The van der Waals surface area contributed by atoms with Crippen molar-refractivity contribution in [2.45, 2.75) is 77.4 Å². The summed E-state index contributed by atoms with van der Waals surface area (Å²) < 4.78 is 2.25. The lowest BCUT2D eigenvalue weighted by atomic mass is 9.49. The number of nitrogens with zero attached hydrogens (tertiary/aromatic N) is 3. The van der Waals surface area contributed by atoms with Crippen LogP contribution in [-0.2, 0) is 17.8 Å². The van der Waals surface area contributed by atoms with E-state index in [0.717, 1.165) is 58.5 Å². The third kappa shape index (κ3) is 4.15. The van der Waals surface area contributed by atoms with E-state index in [1.165, 1.54) is 50.3 Å². The summed E-state index contributed by atoms with van der Waals surface area (Å²) in [7, 11) is 0. The van der Waals surface area contributed by atoms with Gasteiger partial charge in [-0.25, -0.2) is 0 Å². The number of hydrogen-bond donors (Lipinski definition) is 1. The monoisotopic (exact) mass is 438 g/mol. The Balaban J connectivity index is 1.25. The minimum Gasteiger partial charge on any atom is -0.325 e. The van der Waals surface area contributed by atoms with Crippen LogP contribution in [0.2, 0.25) is 0 Å². The second kappa shape index (κ2) is 8.27. The van der Waals surface area contributed by atoms with Crippen LogP contribution in [0.25, 0.3) is 0 Å². The number of hydrogen-bond acceptors (Lipinski definition) is 4. The van der Waals surface area contributed by atoms with E-state index >= 15 is 0 Å². The average molecular weight is 439 g/mol. The molecule has 2 aromatic rings. The quantitative estimate of drug-likeness (QED) is 0.588. The first kappa shape index (κ1) is 21.0. The van der Waals surface area contributed by atoms with Gasteiger partial charge in [0.25, 0.3) is 0 Å². The van der Waals surface area contributed by atoms with Crippen LogP contribution in [0.1, 0.15) is 62.4 Å². The Labute approximate surface area is 189 Å². The smallest absolute Gasteiger partial charge is 0.234 e. The van der Waals surface area contributed by atoms with Gasteiger partial charge in [0, 0.05) is 18.7 Å². The number of nitrogens with one attached hydrogen (secondary N) is 1. The van der Waals surface area contributed by atoms with E-state index in [0.29, 0.717) is 11.2 Å². The first-order valence-electron chi connectivity index (χ1n) is 11.9. The Morgan fingerprint density at radius 3 is 2.29 bits per heavy atom. The van der Waals surface area contributed by atoms with Crippen molar-refractivity contribution >= 4 is 23.4 Å². The summed E-state index contributed by atoms with van der Waals surface area (Å²) in [6, 6.07) is 6.07. The molecule has 4 aliphatic carbocycles. The molecule has 31 heavy (non-hydrogen) atoms. The third-order valence-corrected chi connectivity index (χ3v) is 8.85. The number of aryl methyl sites for hydroxylation is 2. The molecule has 1 amide bonds. The van der Waals surface area contributed by atoms with E-state index < -0.39 is 0 Å². The summed E-state index contributed by atoms with van der Waals surface area (Å²) in [5.41, 5.74) is 3.56. The number of para-hydroxylation sites is 1. The molecule has 0 atom stereocenters. The number of benzene rings is 1. The number of carbonyl (C=O) groups is 1. The van der Waals surface area contributed by atoms with E-state index in [-0.39, 0.29) is 5.91 Å². The molecule has 1 aromatic carbocycles. The standard InChI is InChI=1S/C25H34N4OS/c1-4-29-21(14-25-11-18-8-19(12-25)10-20(9-18)13-25)27-28-24(29)31-15-22(30)26-23-16(2)6-5-7-17(23)3/h5-7,18-20H,4,8-15H2,1-3H3,(H,26,30). The number of thioether (sulfide) groups is 1. The largest absolute Gasteiger partial charge is 0.325 e. The van der Waals surface area contributed by atoms with Crippen LogP contribution >= 0.6 is 11.8 Å². The van der Waals surface area contributed by atoms with Gasteiger partial charge in [-0.3, -0.25) is 4.79 Å². The zero-order valence-corrected chi connectivity index (χ0v) is 19.8. The molecule has 4 bridgehead atoms. The molecule has 5 nitrogen and oxygen atoms in total. The molecule has 1 heterocycles. The molecule has 0 unspecified atom stereocenters. The normalized spacial score (nSPS) is 28.8. The minimum absolute atomic E-state index is 0.00990. The highest BCUT2D eigenvalue weighted by molar-refractivity contribution is 7.99. The van der Waals surface area contributed by atoms with Crippen molar-refractivity contribution in [3.63, 3.8) is 0 Å². The Morgan fingerprint density at radius 2 is 1.71 bits per heavy atom. The molecule has 166 valence electrons. The summed E-state index contributed by atoms with van der Waals surface area (Å²) >= 11 is 1.50. The van der Waals surface area contributed by atoms with E-state index in [1.807, 2.05) is 32.0 Å². The van der Waals surface area contributed by atoms with Crippen molar-refractivity contribution in [1.82, 2.24) is 14.8 Å². The molecule has 4 fully saturated rings. The van der Waals surface area contributed by atoms with Gasteiger partial charge >= 0.3 is 0 Å². The second-order valence-corrected chi connectivity index (χ2v) is 11.3. The van der Waals surface area contributed by atoms with Crippen molar-refractivity contribution in [2.24, 2.45) is 23.2 Å². The Kier molecular flexibility index (Phi) is 5.61. The summed E-state index contributed by atoms with van der Waals surface area (Å²) in [6.07, 6.45) is 9.62. The number of carbonyl (C=O) groups excluding carboxylic acids is 1. The van der Waals surface area contributed by atoms with Crippen LogP contribution in [0, 0.1) is 37.0 Å². The lowest BCUT2D eigenvalue weighted by molar-refractivity contribution is -0.113. The summed E-state index contributed by atoms with van der Waals surface area (Å²) in [5.74, 6) is 4.34. The van der Waals surface area contributed by atoms with Gasteiger partial charge in [0.2, 0.25) is 5.91 Å². The van der Waals surface area contributed by atoms with Crippen molar-refractivity contribution < 1.29 is 4.79 Å². The van der Waals surface area contributed by atoms with Gasteiger partial charge in [-0.2, -0.15) is 0 Å². The molecule has 0 saturated heterocycles. The van der Waals surface area contributed by atoms with Crippen LogP contribution < -0.4 is 5.32 Å². The maximum Gasteiger partial charge on any atom is 0.234 e. The molecule has 6 heteroatoms. The van der Waals surface area contributed by atoms with Crippen LogP contribution in [0.15, 0.2) is 23.4 Å². The second-order valence-electron chi connectivity index (χ2n) is 10.3. The molecule has 0 aliphatic heterocycles. The Morgan fingerprint density at radius 1 is 1.10 bits per heavy atom. The predicted molar refractivity (Wildman–Crippen MR) is 125 cm³/mol. The molecular formula is C25H34N4OS. The molecule has 1 N–H and O–H groups in total. The maximum absolute atomic E-state index is 12.6. The Bertz CT molecular complexity index is 926. The van der Waals surface area contributed by atoms with Gasteiger partial charge in [0.1, 0.15) is 5.82 Å². The number of rotatable bonds is 7. The van der Waals surface area contributed by atoms with Crippen LogP contribution in [-0.4, -0.2) is 26.4 Å². The van der Waals surface area contributed by atoms with Gasteiger partial charge in [-0.05, 0) is 93.6 Å². The summed E-state index contributed by atoms with van der Waals surface area (Å²) in [5, 5.41) is 13.1. The minimum atomic E-state index is 0.00990. The third-order valence-electron chi connectivity index (χ3n) is 7.89. The Hall–Kier alpha value is -1.82. The fourth-order valence-electron chi connectivity index (χ4n) is 7.03. The van der Waals surface area contributed by atoms with Gasteiger partial charge in [0.15, 0.2) is 5.16 Å². The highest BCUT2D eigenvalue weighted by atomic mass is 32.2. The summed E-state index contributed by atoms with van der Waals surface area (Å²) in [4.78, 5) is 12.6. The van der Waals surface area contributed by atoms with Crippen LogP contribution in [0.3, 0.4) is 0 Å². The molecule has 0 radical (unpaired) electrons. The van der Waals surface area contributed by atoms with Crippen molar-refractivity contribution in [2.75, 3.05) is 11.1 Å². The molecule has 0 spiro atoms. The fraction of sp³-hybridized carbons (Fsp3) is 0.640. The number of amides is 1. The van der Waals surface area contributed by atoms with Crippen molar-refractivity contribution in [3.05, 3.63) is 35.2 Å². The van der Waals surface area contributed by atoms with Gasteiger partial charge in [-0.1, -0.05) is 30.0 Å². The molecule has 4 aliphatic rings. The maximum atomic E-state index is 12.6. The average Bonchev–Trinajstić information content (AvgIpc) is 3.09. The van der Waals surface area contributed by atoms with E-state index in [1.54, 1.807) is 0 Å². The molecule has 1 aromatic heterocycles. The number of aromatic nitrogens is 3. The first-order valence-corrected chi connectivity index (χ1v) is 12.8. The van der Waals surface area contributed by atoms with Crippen LogP contribution in [0.4, 0.5) is 5.69 Å². The topological polar surface area (TPSA) is 59.8 Å². The predicted octanol–water partition coefficient (Wildman–Crippen LogP) is 5.40. The lowest BCUT2D eigenvalue weighted by Gasteiger charge is -2.56. The zero-order valence-electron chi connectivity index (χ0n) is 19.0. The first-order chi connectivity index (χ1) is 14.9. The highest BCUT2D eigenvalue weighted by Gasteiger charge is 2.51. The molecular weight excluding hydrogens is 404 g/mol. The highest BCUT2D eigenvalue weighted by Crippen LogP contribution is 2.61. The molecule has 6 rings (SSSR count). The van der Waals surface area contributed by atoms with Gasteiger partial charge in [0.05, 0.1) is 5.75 Å². The molecule has 4 saturated carbocycles. The fourth-order valence-corrected chi connectivity index (χ4v) is 7.85. The van der Waals surface area contributed by atoms with E-state index in [4.69, 9.17) is 0 Å². The van der Waals surface area contributed by atoms with Crippen molar-refractivity contribution in [1.29, 1.82) is 0 Å². The SMILES string of the molecule is CCn1c(CC23CC4CC(CC(C4)C2)C3)nnc1SCC(=O)Nc1c(C)cccc1C. The van der Waals surface area contributed by atoms with Crippen LogP contribution in [0.5, 0.6) is 0 Å². The zero-order chi connectivity index (χ0) is 21.6.